The fourth-order valence-corrected chi connectivity index (χ4v) is 2.38. The minimum atomic E-state index is -0.266. The number of carbonyl (C=O) groups is 1. The van der Waals surface area contributed by atoms with Crippen LogP contribution in [0.4, 0.5) is 4.79 Å². The standard InChI is InChI=1S/C17H26N6O/c1-6-17(3,4)14-9-7-13(8-10-14)11-18-16(24)19-12(2)15-20-21-22-23(15)5/h7-10,12H,6,11H2,1-5H3,(H2,18,19,24). The van der Waals surface area contributed by atoms with Gasteiger partial charge in [0.1, 0.15) is 0 Å². The summed E-state index contributed by atoms with van der Waals surface area (Å²) in [5, 5.41) is 16.9. The summed E-state index contributed by atoms with van der Waals surface area (Å²) in [7, 11) is 1.74. The summed E-state index contributed by atoms with van der Waals surface area (Å²) in [4.78, 5) is 12.0. The van der Waals surface area contributed by atoms with Crippen LogP contribution in [-0.4, -0.2) is 26.2 Å². The Labute approximate surface area is 142 Å². The molecular weight excluding hydrogens is 304 g/mol. The van der Waals surface area contributed by atoms with Gasteiger partial charge in [0.25, 0.3) is 0 Å². The fourth-order valence-electron chi connectivity index (χ4n) is 2.38. The lowest BCUT2D eigenvalue weighted by Gasteiger charge is -2.23. The summed E-state index contributed by atoms with van der Waals surface area (Å²) < 4.78 is 1.54. The lowest BCUT2D eigenvalue weighted by atomic mass is 9.82. The van der Waals surface area contributed by atoms with Crippen molar-refractivity contribution in [2.75, 3.05) is 0 Å². The Balaban J connectivity index is 1.87. The van der Waals surface area contributed by atoms with Crippen molar-refractivity contribution in [1.29, 1.82) is 0 Å². The zero-order valence-electron chi connectivity index (χ0n) is 15.0. The first-order valence-corrected chi connectivity index (χ1v) is 8.19. The quantitative estimate of drug-likeness (QED) is 0.852. The Bertz CT molecular complexity index is 677. The van der Waals surface area contributed by atoms with Crippen LogP contribution in [0.3, 0.4) is 0 Å². The average Bonchev–Trinajstić information content (AvgIpc) is 2.99. The van der Waals surface area contributed by atoms with Crippen molar-refractivity contribution in [3.05, 3.63) is 41.2 Å². The monoisotopic (exact) mass is 330 g/mol. The Morgan fingerprint density at radius 2 is 1.96 bits per heavy atom. The van der Waals surface area contributed by atoms with Crippen molar-refractivity contribution in [2.24, 2.45) is 7.05 Å². The van der Waals surface area contributed by atoms with Crippen LogP contribution in [0.1, 0.15) is 57.1 Å². The summed E-state index contributed by atoms with van der Waals surface area (Å²) >= 11 is 0. The van der Waals surface area contributed by atoms with Gasteiger partial charge in [-0.3, -0.25) is 0 Å². The van der Waals surface area contributed by atoms with Crippen molar-refractivity contribution in [3.63, 3.8) is 0 Å². The molecule has 2 rings (SSSR count). The molecule has 1 unspecified atom stereocenters. The molecule has 0 saturated heterocycles. The number of aromatic nitrogens is 4. The van der Waals surface area contributed by atoms with Crippen LogP contribution in [0.25, 0.3) is 0 Å². The minimum absolute atomic E-state index is 0.170. The van der Waals surface area contributed by atoms with Crippen LogP contribution >= 0.6 is 0 Å². The number of urea groups is 1. The molecule has 0 spiro atoms. The number of nitrogens with one attached hydrogen (secondary N) is 2. The number of nitrogens with zero attached hydrogens (tertiary/aromatic N) is 4. The van der Waals surface area contributed by atoms with E-state index in [1.54, 1.807) is 11.7 Å². The highest BCUT2D eigenvalue weighted by molar-refractivity contribution is 5.74. The largest absolute Gasteiger partial charge is 0.334 e. The van der Waals surface area contributed by atoms with Gasteiger partial charge in [0, 0.05) is 13.6 Å². The van der Waals surface area contributed by atoms with Gasteiger partial charge in [0.15, 0.2) is 5.82 Å². The molecule has 0 aliphatic carbocycles. The molecule has 24 heavy (non-hydrogen) atoms. The molecule has 2 aromatic rings. The summed E-state index contributed by atoms with van der Waals surface area (Å²) in [6.07, 6.45) is 1.09. The van der Waals surface area contributed by atoms with E-state index < -0.39 is 0 Å². The third kappa shape index (κ3) is 4.31. The molecule has 0 bridgehead atoms. The van der Waals surface area contributed by atoms with Gasteiger partial charge in [0.05, 0.1) is 6.04 Å². The molecule has 130 valence electrons. The predicted octanol–water partition coefficient (Wildman–Crippen LogP) is 2.46. The molecule has 0 aliphatic heterocycles. The number of tetrazole rings is 1. The molecule has 2 N–H and O–H groups in total. The first kappa shape index (κ1) is 17.9. The number of hydrogen-bond donors (Lipinski definition) is 2. The first-order chi connectivity index (χ1) is 11.3. The smallest absolute Gasteiger partial charge is 0.315 e. The van der Waals surface area contributed by atoms with E-state index in [-0.39, 0.29) is 17.5 Å². The van der Waals surface area contributed by atoms with Crippen molar-refractivity contribution in [3.8, 4) is 0 Å². The normalized spacial score (nSPS) is 12.7. The van der Waals surface area contributed by atoms with E-state index in [1.165, 1.54) is 5.56 Å². The third-order valence-electron chi connectivity index (χ3n) is 4.46. The molecule has 1 atom stereocenters. The van der Waals surface area contributed by atoms with Crippen LogP contribution in [0.5, 0.6) is 0 Å². The Morgan fingerprint density at radius 3 is 2.50 bits per heavy atom. The van der Waals surface area contributed by atoms with Gasteiger partial charge < -0.3 is 10.6 Å². The first-order valence-electron chi connectivity index (χ1n) is 8.19. The molecule has 1 aromatic heterocycles. The number of carbonyl (C=O) groups excluding carboxylic acids is 1. The van der Waals surface area contributed by atoms with Gasteiger partial charge in [-0.15, -0.1) is 5.10 Å². The van der Waals surface area contributed by atoms with Gasteiger partial charge in [0.2, 0.25) is 0 Å². The molecule has 1 aromatic carbocycles. The lowest BCUT2D eigenvalue weighted by molar-refractivity contribution is 0.237. The Hall–Kier alpha value is -2.44. The van der Waals surface area contributed by atoms with E-state index in [0.717, 1.165) is 12.0 Å². The highest BCUT2D eigenvalue weighted by Crippen LogP contribution is 2.26. The van der Waals surface area contributed by atoms with Crippen molar-refractivity contribution >= 4 is 6.03 Å². The van der Waals surface area contributed by atoms with Crippen LogP contribution in [-0.2, 0) is 19.0 Å². The van der Waals surface area contributed by atoms with Crippen LogP contribution in [0.15, 0.2) is 24.3 Å². The van der Waals surface area contributed by atoms with E-state index >= 15 is 0 Å². The SMILES string of the molecule is CCC(C)(C)c1ccc(CNC(=O)NC(C)c2nnnn2C)cc1. The fraction of sp³-hybridized carbons (Fsp3) is 0.529. The second-order valence-electron chi connectivity index (χ2n) is 6.64. The summed E-state index contributed by atoms with van der Waals surface area (Å²) in [5.74, 6) is 0.608. The Morgan fingerprint density at radius 1 is 1.29 bits per heavy atom. The molecule has 7 heteroatoms. The second-order valence-corrected chi connectivity index (χ2v) is 6.64. The minimum Gasteiger partial charge on any atom is -0.334 e. The summed E-state index contributed by atoms with van der Waals surface area (Å²) in [5.41, 5.74) is 2.54. The van der Waals surface area contributed by atoms with E-state index in [9.17, 15) is 4.79 Å². The number of rotatable bonds is 6. The maximum absolute atomic E-state index is 12.0. The summed E-state index contributed by atoms with van der Waals surface area (Å²) in [6, 6.07) is 7.87. The molecule has 2 amide bonds. The molecule has 1 heterocycles. The zero-order valence-corrected chi connectivity index (χ0v) is 15.0. The molecule has 0 radical (unpaired) electrons. The third-order valence-corrected chi connectivity index (χ3v) is 4.46. The van der Waals surface area contributed by atoms with Gasteiger partial charge in [-0.25, -0.2) is 9.48 Å². The van der Waals surface area contributed by atoms with E-state index in [4.69, 9.17) is 0 Å². The maximum Gasteiger partial charge on any atom is 0.315 e. The molecule has 0 fully saturated rings. The topological polar surface area (TPSA) is 84.7 Å². The van der Waals surface area contributed by atoms with Crippen molar-refractivity contribution < 1.29 is 4.79 Å². The van der Waals surface area contributed by atoms with Crippen molar-refractivity contribution in [2.45, 2.75) is 52.1 Å². The van der Waals surface area contributed by atoms with E-state index in [0.29, 0.717) is 12.4 Å². The lowest BCUT2D eigenvalue weighted by Crippen LogP contribution is -2.37. The van der Waals surface area contributed by atoms with Gasteiger partial charge in [-0.2, -0.15) is 0 Å². The van der Waals surface area contributed by atoms with Crippen LogP contribution in [0, 0.1) is 0 Å². The summed E-state index contributed by atoms with van der Waals surface area (Å²) in [6.45, 7) is 8.97. The van der Waals surface area contributed by atoms with E-state index in [2.05, 4.69) is 71.2 Å². The van der Waals surface area contributed by atoms with Gasteiger partial charge >= 0.3 is 6.03 Å². The van der Waals surface area contributed by atoms with Gasteiger partial charge in [-0.05, 0) is 40.3 Å². The zero-order chi connectivity index (χ0) is 17.7. The van der Waals surface area contributed by atoms with E-state index in [1.807, 2.05) is 6.92 Å². The number of aryl methyl sites for hydroxylation is 1. The maximum atomic E-state index is 12.0. The average molecular weight is 330 g/mol. The predicted molar refractivity (Wildman–Crippen MR) is 92.3 cm³/mol. The molecular formula is C17H26N6O. The highest BCUT2D eigenvalue weighted by Gasteiger charge is 2.18. The highest BCUT2D eigenvalue weighted by atomic mass is 16.2. The molecule has 0 aliphatic rings. The number of amides is 2. The number of hydrogen-bond acceptors (Lipinski definition) is 4. The van der Waals surface area contributed by atoms with Crippen LogP contribution in [0.2, 0.25) is 0 Å². The van der Waals surface area contributed by atoms with Crippen LogP contribution < -0.4 is 10.6 Å². The van der Waals surface area contributed by atoms with Crippen molar-refractivity contribution in [1.82, 2.24) is 30.8 Å². The molecule has 7 nitrogen and oxygen atoms in total. The van der Waals surface area contributed by atoms with Gasteiger partial charge in [-0.1, -0.05) is 45.0 Å². The Kier molecular flexibility index (Phi) is 5.54. The molecule has 0 saturated carbocycles. The number of benzene rings is 1. The second kappa shape index (κ2) is 7.42.